The molecular formula is C31H32ClN3O4. The monoisotopic (exact) mass is 545 g/mol. The molecule has 2 amide bonds. The zero-order valence-corrected chi connectivity index (χ0v) is 22.5. The predicted molar refractivity (Wildman–Crippen MR) is 154 cm³/mol. The molecule has 4 aromatic rings. The fraction of sp³-hybridized carbons (Fsp3) is 0.355. The fourth-order valence-electron chi connectivity index (χ4n) is 6.54. The first-order chi connectivity index (χ1) is 18.7. The molecule has 0 aliphatic carbocycles. The van der Waals surface area contributed by atoms with Crippen LogP contribution in [0.15, 0.2) is 65.4 Å². The topological polar surface area (TPSA) is 76.7 Å². The largest absolute Gasteiger partial charge is 0.464 e. The lowest BCUT2D eigenvalue weighted by Gasteiger charge is -2.36. The highest BCUT2D eigenvalue weighted by Gasteiger charge is 2.36. The Hall–Kier alpha value is -3.39. The average molecular weight is 546 g/mol. The van der Waals surface area contributed by atoms with Crippen molar-refractivity contribution in [2.75, 3.05) is 32.8 Å². The van der Waals surface area contributed by atoms with Crippen LogP contribution < -0.4 is 5.32 Å². The molecule has 0 spiro atoms. The SMILES string of the molecule is Cl.O=C1NC(=O)C(c2cccc3ccoc23)=C1c1cn(C2CCN(CC3CCOCC3)CC2)c2ccccc12. The number of nitrogens with one attached hydrogen (secondary N) is 1. The zero-order valence-electron chi connectivity index (χ0n) is 21.7. The van der Waals surface area contributed by atoms with Gasteiger partial charge in [0.2, 0.25) is 0 Å². The van der Waals surface area contributed by atoms with Gasteiger partial charge in [0.25, 0.3) is 11.8 Å². The molecule has 7 nitrogen and oxygen atoms in total. The van der Waals surface area contributed by atoms with Crippen LogP contribution in [0.1, 0.15) is 42.9 Å². The number of benzene rings is 2. The molecule has 3 aliphatic heterocycles. The fourth-order valence-corrected chi connectivity index (χ4v) is 6.54. The van der Waals surface area contributed by atoms with Crippen LogP contribution in [0, 0.1) is 5.92 Å². The van der Waals surface area contributed by atoms with E-state index in [4.69, 9.17) is 9.15 Å². The van der Waals surface area contributed by atoms with Crippen LogP contribution in [0.2, 0.25) is 0 Å². The number of amides is 2. The lowest BCUT2D eigenvalue weighted by molar-refractivity contribution is -0.122. The summed E-state index contributed by atoms with van der Waals surface area (Å²) in [6.45, 7) is 5.07. The van der Waals surface area contributed by atoms with E-state index >= 15 is 0 Å². The second kappa shape index (κ2) is 10.6. The summed E-state index contributed by atoms with van der Waals surface area (Å²) in [7, 11) is 0. The van der Waals surface area contributed by atoms with Gasteiger partial charge in [0.05, 0.1) is 17.4 Å². The van der Waals surface area contributed by atoms with Gasteiger partial charge < -0.3 is 18.6 Å². The van der Waals surface area contributed by atoms with Crippen LogP contribution in [-0.4, -0.2) is 54.1 Å². The van der Waals surface area contributed by atoms with Gasteiger partial charge >= 0.3 is 0 Å². The van der Waals surface area contributed by atoms with Crippen LogP contribution in [-0.2, 0) is 14.3 Å². The van der Waals surface area contributed by atoms with Crippen molar-refractivity contribution in [1.82, 2.24) is 14.8 Å². The standard InChI is InChI=1S/C31H31N3O4.ClH/c35-30-27(24-6-3-4-21-12-17-38-29(21)24)28(31(36)32-30)25-19-34(26-7-2-1-5-23(25)26)22-8-13-33(14-9-22)18-20-10-15-37-16-11-20;/h1-7,12,17,19-20,22H,8-11,13-16,18H2,(H,32,35,36);1H. The van der Waals surface area contributed by atoms with Gasteiger partial charge in [0.1, 0.15) is 5.58 Å². The summed E-state index contributed by atoms with van der Waals surface area (Å²) in [4.78, 5) is 29.0. The number of fused-ring (bicyclic) bond motifs is 2. The van der Waals surface area contributed by atoms with Crippen molar-refractivity contribution in [2.24, 2.45) is 5.92 Å². The van der Waals surface area contributed by atoms with Crippen LogP contribution >= 0.6 is 12.4 Å². The lowest BCUT2D eigenvalue weighted by Crippen LogP contribution is -2.38. The van der Waals surface area contributed by atoms with E-state index in [1.54, 1.807) is 6.26 Å². The molecule has 2 aromatic heterocycles. The van der Waals surface area contributed by atoms with E-state index in [1.807, 2.05) is 36.4 Å². The number of likely N-dealkylation sites (tertiary alicyclic amines) is 1. The van der Waals surface area contributed by atoms with Crippen molar-refractivity contribution in [1.29, 1.82) is 0 Å². The van der Waals surface area contributed by atoms with Crippen LogP contribution in [0.4, 0.5) is 0 Å². The maximum Gasteiger partial charge on any atom is 0.259 e. The Morgan fingerprint density at radius 2 is 1.59 bits per heavy atom. The minimum absolute atomic E-state index is 0. The predicted octanol–water partition coefficient (Wildman–Crippen LogP) is 5.44. The summed E-state index contributed by atoms with van der Waals surface area (Å²) in [6, 6.07) is 16.1. The first-order valence-electron chi connectivity index (χ1n) is 13.6. The van der Waals surface area contributed by atoms with E-state index in [0.29, 0.717) is 28.3 Å². The number of halogens is 1. The molecule has 0 saturated carbocycles. The molecule has 2 fully saturated rings. The maximum atomic E-state index is 13.3. The molecule has 0 atom stereocenters. The molecule has 3 aliphatic rings. The summed E-state index contributed by atoms with van der Waals surface area (Å²) in [5.74, 6) is -0.00315. The molecule has 202 valence electrons. The third-order valence-corrected chi connectivity index (χ3v) is 8.50. The Balaban J connectivity index is 0.00000277. The van der Waals surface area contributed by atoms with Crippen molar-refractivity contribution in [2.45, 2.75) is 31.7 Å². The number of aromatic nitrogens is 1. The minimum Gasteiger partial charge on any atom is -0.464 e. The Bertz CT molecular complexity index is 1570. The normalized spacial score (nSPS) is 19.7. The number of carbonyl (C=O) groups excluding carboxylic acids is 2. The number of para-hydroxylation sites is 2. The van der Waals surface area contributed by atoms with E-state index < -0.39 is 0 Å². The van der Waals surface area contributed by atoms with E-state index in [9.17, 15) is 9.59 Å². The lowest BCUT2D eigenvalue weighted by atomic mass is 9.95. The molecule has 0 radical (unpaired) electrons. The summed E-state index contributed by atoms with van der Waals surface area (Å²) >= 11 is 0. The second-order valence-corrected chi connectivity index (χ2v) is 10.7. The molecule has 0 bridgehead atoms. The van der Waals surface area contributed by atoms with Gasteiger partial charge in [-0.15, -0.1) is 12.4 Å². The van der Waals surface area contributed by atoms with E-state index in [-0.39, 0.29) is 24.2 Å². The smallest absolute Gasteiger partial charge is 0.259 e. The van der Waals surface area contributed by atoms with Gasteiger partial charge in [-0.1, -0.05) is 36.4 Å². The first kappa shape index (κ1) is 25.9. The Kier molecular flexibility index (Phi) is 7.06. The number of furan rings is 1. The van der Waals surface area contributed by atoms with Crippen molar-refractivity contribution in [3.8, 4) is 0 Å². The maximum absolute atomic E-state index is 13.3. The van der Waals surface area contributed by atoms with Gasteiger partial charge in [0.15, 0.2) is 0 Å². The number of carbonyl (C=O) groups is 2. The number of nitrogens with zero attached hydrogens (tertiary/aromatic N) is 2. The number of hydrogen-bond donors (Lipinski definition) is 1. The minimum atomic E-state index is -0.382. The average Bonchev–Trinajstić information content (AvgIpc) is 3.65. The highest BCUT2D eigenvalue weighted by atomic mass is 35.5. The van der Waals surface area contributed by atoms with Gasteiger partial charge in [-0.3, -0.25) is 14.9 Å². The van der Waals surface area contributed by atoms with Gasteiger partial charge in [-0.25, -0.2) is 0 Å². The molecule has 5 heterocycles. The van der Waals surface area contributed by atoms with Crippen molar-refractivity contribution < 1.29 is 18.7 Å². The number of piperidine rings is 1. The van der Waals surface area contributed by atoms with Crippen molar-refractivity contribution in [3.05, 3.63) is 72.1 Å². The molecule has 2 aromatic carbocycles. The van der Waals surface area contributed by atoms with Crippen LogP contribution in [0.25, 0.3) is 33.0 Å². The first-order valence-corrected chi connectivity index (χ1v) is 13.6. The molecule has 2 saturated heterocycles. The molecule has 7 rings (SSSR count). The highest BCUT2D eigenvalue weighted by molar-refractivity contribution is 6.50. The Labute approximate surface area is 233 Å². The Morgan fingerprint density at radius 1 is 0.846 bits per heavy atom. The zero-order chi connectivity index (χ0) is 25.6. The number of imide groups is 1. The van der Waals surface area contributed by atoms with Gasteiger partial charge in [-0.05, 0) is 43.7 Å². The van der Waals surface area contributed by atoms with E-state index in [2.05, 4.69) is 33.1 Å². The van der Waals surface area contributed by atoms with E-state index in [1.165, 1.54) is 0 Å². The third kappa shape index (κ3) is 4.58. The molecular weight excluding hydrogens is 514 g/mol. The molecule has 1 N–H and O–H groups in total. The Morgan fingerprint density at radius 3 is 2.38 bits per heavy atom. The third-order valence-electron chi connectivity index (χ3n) is 8.50. The number of hydrogen-bond acceptors (Lipinski definition) is 5. The van der Waals surface area contributed by atoms with Crippen LogP contribution in [0.3, 0.4) is 0 Å². The van der Waals surface area contributed by atoms with Gasteiger partial charge in [-0.2, -0.15) is 0 Å². The van der Waals surface area contributed by atoms with E-state index in [0.717, 1.165) is 86.3 Å². The summed E-state index contributed by atoms with van der Waals surface area (Å²) in [6.07, 6.45) is 8.15. The summed E-state index contributed by atoms with van der Waals surface area (Å²) < 4.78 is 13.6. The molecule has 0 unspecified atom stereocenters. The van der Waals surface area contributed by atoms with Gasteiger partial charge in [0, 0.05) is 72.5 Å². The number of ether oxygens (including phenoxy) is 1. The van der Waals surface area contributed by atoms with Crippen LogP contribution in [0.5, 0.6) is 0 Å². The molecule has 39 heavy (non-hydrogen) atoms. The quantitative estimate of drug-likeness (QED) is 0.338. The number of rotatable bonds is 5. The summed E-state index contributed by atoms with van der Waals surface area (Å²) in [5.41, 5.74) is 3.96. The second-order valence-electron chi connectivity index (χ2n) is 10.7. The molecule has 8 heteroatoms. The van der Waals surface area contributed by atoms with Crippen molar-refractivity contribution in [3.63, 3.8) is 0 Å². The summed E-state index contributed by atoms with van der Waals surface area (Å²) in [5, 5.41) is 4.44. The van der Waals surface area contributed by atoms with Crippen molar-refractivity contribution >= 4 is 57.2 Å². The highest BCUT2D eigenvalue weighted by Crippen LogP contribution is 2.40.